The third kappa shape index (κ3) is 3.73. The lowest BCUT2D eigenvalue weighted by atomic mass is 9.72. The molecule has 0 unspecified atom stereocenters. The first kappa shape index (κ1) is 23.3. The van der Waals surface area contributed by atoms with Crippen molar-refractivity contribution in [2.45, 2.75) is 25.7 Å². The van der Waals surface area contributed by atoms with Gasteiger partial charge in [0.25, 0.3) is 0 Å². The second-order valence-corrected chi connectivity index (χ2v) is 10.8. The highest BCUT2D eigenvalue weighted by atomic mass is 35.5. The Kier molecular flexibility index (Phi) is 5.66. The Morgan fingerprint density at radius 2 is 1.58 bits per heavy atom. The molecule has 3 aliphatic rings. The second-order valence-electron chi connectivity index (χ2n) is 9.91. The van der Waals surface area contributed by atoms with Gasteiger partial charge < -0.3 is 4.74 Å². The van der Waals surface area contributed by atoms with Crippen LogP contribution in [-0.4, -0.2) is 17.6 Å². The van der Waals surface area contributed by atoms with E-state index in [0.717, 1.165) is 18.4 Å². The normalized spacial score (nSPS) is 26.4. The van der Waals surface area contributed by atoms with Crippen LogP contribution in [0.4, 0.5) is 5.69 Å². The van der Waals surface area contributed by atoms with Crippen molar-refractivity contribution in [1.82, 2.24) is 0 Å². The van der Waals surface area contributed by atoms with Crippen molar-refractivity contribution in [3.05, 3.63) is 87.9 Å². The number of Topliss-reactive ketones (excluding diaryl/α,β-unsaturated/α-hetero) is 1. The number of anilines is 1. The summed E-state index contributed by atoms with van der Waals surface area (Å²) in [6.07, 6.45) is 1.79. The van der Waals surface area contributed by atoms with Crippen molar-refractivity contribution in [2.24, 2.45) is 23.7 Å². The topological polar surface area (TPSA) is 63.7 Å². The fourth-order valence-corrected chi connectivity index (χ4v) is 6.86. The van der Waals surface area contributed by atoms with Gasteiger partial charge in [-0.05, 0) is 85.5 Å². The number of benzene rings is 3. The van der Waals surface area contributed by atoms with Gasteiger partial charge in [0.2, 0.25) is 11.8 Å². The number of imide groups is 1. The SMILES string of the molecule is CC(=O)c1ccc([C@@H]2C[C@H]3C[C@H]2[C@H]2C(=O)N(c4ccc(Oc5ccc(Cl)cc5Cl)cc4)C(=O)[C@@H]32)cc1. The van der Waals surface area contributed by atoms with E-state index in [0.29, 0.717) is 32.8 Å². The van der Waals surface area contributed by atoms with Gasteiger partial charge in [-0.25, -0.2) is 0 Å². The zero-order valence-corrected chi connectivity index (χ0v) is 21.0. The summed E-state index contributed by atoms with van der Waals surface area (Å²) in [7, 11) is 0. The number of halogens is 2. The quantitative estimate of drug-likeness (QED) is 0.271. The smallest absolute Gasteiger partial charge is 0.237 e. The number of amides is 2. The number of hydrogen-bond acceptors (Lipinski definition) is 4. The maximum Gasteiger partial charge on any atom is 0.237 e. The molecule has 1 heterocycles. The van der Waals surface area contributed by atoms with E-state index in [4.69, 9.17) is 27.9 Å². The van der Waals surface area contributed by atoms with E-state index in [2.05, 4.69) is 0 Å². The first-order valence-electron chi connectivity index (χ1n) is 12.0. The molecule has 3 fully saturated rings. The van der Waals surface area contributed by atoms with Gasteiger partial charge in [0.1, 0.15) is 11.5 Å². The van der Waals surface area contributed by atoms with Gasteiger partial charge in [0.05, 0.1) is 22.5 Å². The monoisotopic (exact) mass is 519 g/mol. The van der Waals surface area contributed by atoms with Gasteiger partial charge in [-0.2, -0.15) is 0 Å². The molecule has 0 radical (unpaired) electrons. The van der Waals surface area contributed by atoms with Crippen molar-refractivity contribution < 1.29 is 19.1 Å². The number of carbonyl (C=O) groups excluding carboxylic acids is 3. The van der Waals surface area contributed by atoms with Crippen LogP contribution in [0.5, 0.6) is 11.5 Å². The number of rotatable bonds is 5. The molecular weight excluding hydrogens is 497 g/mol. The van der Waals surface area contributed by atoms with Crippen LogP contribution in [0, 0.1) is 23.7 Å². The van der Waals surface area contributed by atoms with Gasteiger partial charge in [-0.3, -0.25) is 19.3 Å². The molecule has 2 bridgehead atoms. The molecular formula is C29H23Cl2NO4. The average Bonchev–Trinajstić information content (AvgIpc) is 3.53. The first-order valence-corrected chi connectivity index (χ1v) is 12.8. The van der Waals surface area contributed by atoms with Crippen LogP contribution in [0.15, 0.2) is 66.7 Å². The lowest BCUT2D eigenvalue weighted by Crippen LogP contribution is -2.32. The van der Waals surface area contributed by atoms with E-state index in [9.17, 15) is 14.4 Å². The van der Waals surface area contributed by atoms with Gasteiger partial charge in [0.15, 0.2) is 5.78 Å². The molecule has 3 aromatic rings. The summed E-state index contributed by atoms with van der Waals surface area (Å²) in [5, 5.41) is 0.911. The zero-order valence-electron chi connectivity index (χ0n) is 19.5. The van der Waals surface area contributed by atoms with E-state index >= 15 is 0 Å². The van der Waals surface area contributed by atoms with Gasteiger partial charge >= 0.3 is 0 Å². The highest BCUT2D eigenvalue weighted by Gasteiger charge is 2.64. The number of ketones is 1. The summed E-state index contributed by atoms with van der Waals surface area (Å²) in [6.45, 7) is 1.56. The largest absolute Gasteiger partial charge is 0.456 e. The van der Waals surface area contributed by atoms with E-state index in [1.54, 1.807) is 49.4 Å². The van der Waals surface area contributed by atoms with Gasteiger partial charge in [-0.1, -0.05) is 47.5 Å². The molecule has 0 aromatic heterocycles. The average molecular weight is 520 g/mol. The summed E-state index contributed by atoms with van der Waals surface area (Å²) in [5.74, 6) is 0.856. The molecule has 7 heteroatoms. The van der Waals surface area contributed by atoms with Crippen LogP contribution in [0.3, 0.4) is 0 Å². The fraction of sp³-hybridized carbons (Fsp3) is 0.276. The maximum atomic E-state index is 13.6. The molecule has 2 aliphatic carbocycles. The molecule has 0 spiro atoms. The Labute approximate surface area is 219 Å². The molecule has 1 saturated heterocycles. The van der Waals surface area contributed by atoms with Crippen LogP contribution in [0.1, 0.15) is 41.6 Å². The lowest BCUT2D eigenvalue weighted by molar-refractivity contribution is -0.123. The Bertz CT molecular complexity index is 1390. The van der Waals surface area contributed by atoms with Crippen molar-refractivity contribution in [1.29, 1.82) is 0 Å². The third-order valence-corrected chi connectivity index (χ3v) is 8.51. The van der Waals surface area contributed by atoms with E-state index in [-0.39, 0.29) is 47.2 Å². The fourth-order valence-electron chi connectivity index (χ4n) is 6.41. The Morgan fingerprint density at radius 1 is 0.889 bits per heavy atom. The van der Waals surface area contributed by atoms with Gasteiger partial charge in [-0.15, -0.1) is 0 Å². The summed E-state index contributed by atoms with van der Waals surface area (Å²) in [4.78, 5) is 40.0. The highest BCUT2D eigenvalue weighted by molar-refractivity contribution is 6.35. The Balaban J connectivity index is 1.21. The van der Waals surface area contributed by atoms with E-state index < -0.39 is 0 Å². The Hall–Kier alpha value is -3.15. The zero-order chi connectivity index (χ0) is 25.1. The molecule has 0 N–H and O–H groups in total. The van der Waals surface area contributed by atoms with Crippen molar-refractivity contribution in [3.8, 4) is 11.5 Å². The van der Waals surface area contributed by atoms with Crippen LogP contribution >= 0.6 is 23.2 Å². The molecule has 182 valence electrons. The predicted molar refractivity (Wildman–Crippen MR) is 138 cm³/mol. The summed E-state index contributed by atoms with van der Waals surface area (Å²) < 4.78 is 5.84. The molecule has 5 atom stereocenters. The summed E-state index contributed by atoms with van der Waals surface area (Å²) >= 11 is 12.1. The van der Waals surface area contributed by atoms with E-state index in [1.807, 2.05) is 24.3 Å². The molecule has 5 nitrogen and oxygen atoms in total. The molecule has 6 rings (SSSR count). The van der Waals surface area contributed by atoms with Crippen molar-refractivity contribution >= 4 is 46.5 Å². The predicted octanol–water partition coefficient (Wildman–Crippen LogP) is 6.92. The first-order chi connectivity index (χ1) is 17.3. The molecule has 36 heavy (non-hydrogen) atoms. The third-order valence-electron chi connectivity index (χ3n) is 7.98. The molecule has 2 saturated carbocycles. The van der Waals surface area contributed by atoms with Crippen molar-refractivity contribution in [3.63, 3.8) is 0 Å². The van der Waals surface area contributed by atoms with Crippen LogP contribution in [0.25, 0.3) is 0 Å². The minimum atomic E-state index is -0.294. The number of ether oxygens (including phenoxy) is 1. The molecule has 3 aromatic carbocycles. The maximum absolute atomic E-state index is 13.6. The van der Waals surface area contributed by atoms with Gasteiger partial charge in [0, 0.05) is 10.6 Å². The van der Waals surface area contributed by atoms with E-state index in [1.165, 1.54) is 4.90 Å². The number of hydrogen-bond donors (Lipinski definition) is 0. The minimum Gasteiger partial charge on any atom is -0.456 e. The number of fused-ring (bicyclic) bond motifs is 5. The Morgan fingerprint density at radius 3 is 2.25 bits per heavy atom. The number of carbonyl (C=O) groups is 3. The molecule has 1 aliphatic heterocycles. The summed E-state index contributed by atoms with van der Waals surface area (Å²) in [5.41, 5.74) is 2.38. The highest BCUT2D eigenvalue weighted by Crippen LogP contribution is 2.62. The standard InChI is InChI=1S/C29H23Cl2NO4/c1-15(33)16-2-4-17(5-3-16)22-12-18-13-23(22)27-26(18)28(34)32(29(27)35)20-7-9-21(10-8-20)36-25-11-6-19(30)14-24(25)31/h2-11,14,18,22-23,26-27H,12-13H2,1H3/t18-,22-,23+,26-,27+/m0/s1. The van der Waals surface area contributed by atoms with Crippen LogP contribution in [-0.2, 0) is 9.59 Å². The number of nitrogens with zero attached hydrogens (tertiary/aromatic N) is 1. The lowest BCUT2D eigenvalue weighted by Gasteiger charge is -2.29. The second kappa shape index (κ2) is 8.75. The van der Waals surface area contributed by atoms with Crippen molar-refractivity contribution in [2.75, 3.05) is 4.90 Å². The van der Waals surface area contributed by atoms with Crippen LogP contribution in [0.2, 0.25) is 10.0 Å². The minimum absolute atomic E-state index is 0.0365. The molecule has 2 amide bonds. The van der Waals surface area contributed by atoms with Crippen LogP contribution < -0.4 is 9.64 Å². The summed E-state index contributed by atoms with van der Waals surface area (Å²) in [6, 6.07) is 19.6.